The van der Waals surface area contributed by atoms with Gasteiger partial charge in [-0.3, -0.25) is 0 Å². The first-order valence-electron chi connectivity index (χ1n) is 8.19. The Morgan fingerprint density at radius 3 is 1.68 bits per heavy atom. The summed E-state index contributed by atoms with van der Waals surface area (Å²) in [6.07, 6.45) is 14.2. The molecule has 2 saturated carbocycles. The van der Waals surface area contributed by atoms with Crippen molar-refractivity contribution in [2.75, 3.05) is 4.90 Å². The third-order valence-corrected chi connectivity index (χ3v) is 4.93. The summed E-state index contributed by atoms with van der Waals surface area (Å²) in [5, 5.41) is 0. The number of nitrogens with zero attached hydrogens (tertiary/aromatic N) is 1. The van der Waals surface area contributed by atoms with Gasteiger partial charge >= 0.3 is 0 Å². The molecule has 0 bridgehead atoms. The molecular formula is C18H26N. The average Bonchev–Trinajstić information content (AvgIpc) is 2.51. The molecule has 19 heavy (non-hydrogen) atoms. The largest absolute Gasteiger partial charge is 0.366 e. The highest BCUT2D eigenvalue weighted by atomic mass is 15.2. The van der Waals surface area contributed by atoms with Crippen LogP contribution < -0.4 is 4.90 Å². The van der Waals surface area contributed by atoms with Crippen LogP contribution >= 0.6 is 0 Å². The zero-order chi connectivity index (χ0) is 12.9. The molecule has 2 aliphatic carbocycles. The second-order valence-electron chi connectivity index (χ2n) is 6.25. The Morgan fingerprint density at radius 1 is 0.737 bits per heavy atom. The van der Waals surface area contributed by atoms with Crippen molar-refractivity contribution < 1.29 is 0 Å². The lowest BCUT2D eigenvalue weighted by Gasteiger charge is -2.43. The molecule has 1 radical (unpaired) electrons. The summed E-state index contributed by atoms with van der Waals surface area (Å²) < 4.78 is 0. The van der Waals surface area contributed by atoms with Gasteiger partial charge in [0.05, 0.1) is 0 Å². The molecule has 3 rings (SSSR count). The highest BCUT2D eigenvalue weighted by Crippen LogP contribution is 2.33. The highest BCUT2D eigenvalue weighted by Gasteiger charge is 2.28. The minimum absolute atomic E-state index is 0.791. The van der Waals surface area contributed by atoms with E-state index >= 15 is 0 Å². The maximum atomic E-state index is 3.17. The van der Waals surface area contributed by atoms with Crippen LogP contribution in [0.4, 0.5) is 5.69 Å². The average molecular weight is 256 g/mol. The van der Waals surface area contributed by atoms with E-state index in [1.807, 2.05) is 0 Å². The van der Waals surface area contributed by atoms with Crippen LogP contribution in [0.1, 0.15) is 64.2 Å². The number of benzene rings is 1. The van der Waals surface area contributed by atoms with E-state index in [1.54, 1.807) is 0 Å². The van der Waals surface area contributed by atoms with Gasteiger partial charge in [0.2, 0.25) is 0 Å². The first-order valence-corrected chi connectivity index (χ1v) is 8.19. The molecule has 0 spiro atoms. The molecule has 2 aliphatic rings. The molecule has 0 N–H and O–H groups in total. The molecule has 0 saturated heterocycles. The minimum Gasteiger partial charge on any atom is -0.366 e. The predicted octanol–water partition coefficient (Wildman–Crippen LogP) is 4.96. The van der Waals surface area contributed by atoms with Gasteiger partial charge in [0, 0.05) is 17.8 Å². The molecule has 1 aromatic rings. The second-order valence-corrected chi connectivity index (χ2v) is 6.25. The Kier molecular flexibility index (Phi) is 4.42. The van der Waals surface area contributed by atoms with Crippen molar-refractivity contribution in [3.05, 3.63) is 30.3 Å². The Balaban J connectivity index is 1.81. The highest BCUT2D eigenvalue weighted by molar-refractivity contribution is 5.48. The van der Waals surface area contributed by atoms with Crippen LogP contribution in [-0.4, -0.2) is 12.1 Å². The van der Waals surface area contributed by atoms with E-state index in [-0.39, 0.29) is 0 Å². The van der Waals surface area contributed by atoms with E-state index < -0.39 is 0 Å². The van der Waals surface area contributed by atoms with Crippen LogP contribution in [0.15, 0.2) is 24.3 Å². The fourth-order valence-electron chi connectivity index (χ4n) is 3.99. The van der Waals surface area contributed by atoms with Gasteiger partial charge in [-0.25, -0.2) is 0 Å². The van der Waals surface area contributed by atoms with Crippen LogP contribution in [0, 0.1) is 6.07 Å². The topological polar surface area (TPSA) is 3.24 Å². The summed E-state index contributed by atoms with van der Waals surface area (Å²) in [6.45, 7) is 0. The molecule has 0 heterocycles. The van der Waals surface area contributed by atoms with Crippen LogP contribution in [0.25, 0.3) is 0 Å². The Morgan fingerprint density at radius 2 is 1.21 bits per heavy atom. The van der Waals surface area contributed by atoms with E-state index in [0.717, 1.165) is 12.1 Å². The van der Waals surface area contributed by atoms with E-state index in [4.69, 9.17) is 0 Å². The maximum Gasteiger partial charge on any atom is 0.0371 e. The quantitative estimate of drug-likeness (QED) is 0.739. The number of rotatable bonds is 3. The van der Waals surface area contributed by atoms with Gasteiger partial charge in [-0.05, 0) is 43.9 Å². The smallest absolute Gasteiger partial charge is 0.0371 e. The molecule has 0 aliphatic heterocycles. The lowest BCUT2D eigenvalue weighted by molar-refractivity contribution is 0.340. The fraction of sp³-hybridized carbons (Fsp3) is 0.667. The Labute approximate surface area is 118 Å². The standard InChI is InChI=1S/C18H26N/c1-4-10-16(11-5-1)19(17-12-6-2-7-13-17)18-14-8-3-9-15-18/h8-9,14-17H,1-2,4-7,10-13H2. The third kappa shape index (κ3) is 3.13. The van der Waals surface area contributed by atoms with Crippen molar-refractivity contribution in [2.24, 2.45) is 0 Å². The SMILES string of the molecule is [c]1ccc(N(C2CCCCC2)C2CCCCC2)cc1. The van der Waals surface area contributed by atoms with Gasteiger partial charge in [0.25, 0.3) is 0 Å². The van der Waals surface area contributed by atoms with Gasteiger partial charge in [-0.15, -0.1) is 0 Å². The molecule has 1 aromatic carbocycles. The molecule has 2 fully saturated rings. The van der Waals surface area contributed by atoms with Crippen LogP contribution in [0.2, 0.25) is 0 Å². The lowest BCUT2D eigenvalue weighted by atomic mass is 9.88. The second kappa shape index (κ2) is 6.45. The van der Waals surface area contributed by atoms with E-state index in [1.165, 1.54) is 69.9 Å². The first-order chi connectivity index (χ1) is 9.45. The normalized spacial score (nSPS) is 22.3. The van der Waals surface area contributed by atoms with Crippen LogP contribution in [0.3, 0.4) is 0 Å². The molecule has 1 nitrogen and oxygen atoms in total. The van der Waals surface area contributed by atoms with E-state index in [2.05, 4.69) is 35.2 Å². The summed E-state index contributed by atoms with van der Waals surface area (Å²) in [5.41, 5.74) is 1.44. The summed E-state index contributed by atoms with van der Waals surface area (Å²) in [7, 11) is 0. The molecule has 0 unspecified atom stereocenters. The number of anilines is 1. The van der Waals surface area contributed by atoms with Crippen LogP contribution in [-0.2, 0) is 0 Å². The molecule has 103 valence electrons. The summed E-state index contributed by atoms with van der Waals surface area (Å²) in [4.78, 5) is 2.78. The van der Waals surface area contributed by atoms with Crippen molar-refractivity contribution in [2.45, 2.75) is 76.3 Å². The molecule has 0 atom stereocenters. The number of hydrogen-bond donors (Lipinski definition) is 0. The summed E-state index contributed by atoms with van der Waals surface area (Å²) in [6, 6.07) is 13.4. The van der Waals surface area contributed by atoms with Gasteiger partial charge in [-0.2, -0.15) is 0 Å². The van der Waals surface area contributed by atoms with Crippen molar-refractivity contribution in [3.63, 3.8) is 0 Å². The van der Waals surface area contributed by atoms with E-state index in [0.29, 0.717) is 0 Å². The molecular weight excluding hydrogens is 230 g/mol. The van der Waals surface area contributed by atoms with E-state index in [9.17, 15) is 0 Å². The van der Waals surface area contributed by atoms with Crippen molar-refractivity contribution in [1.29, 1.82) is 0 Å². The molecule has 0 amide bonds. The number of hydrogen-bond acceptors (Lipinski definition) is 1. The van der Waals surface area contributed by atoms with Gasteiger partial charge in [0.1, 0.15) is 0 Å². The van der Waals surface area contributed by atoms with Crippen LogP contribution in [0.5, 0.6) is 0 Å². The third-order valence-electron chi connectivity index (χ3n) is 4.93. The minimum atomic E-state index is 0.791. The zero-order valence-corrected chi connectivity index (χ0v) is 12.0. The van der Waals surface area contributed by atoms with Crippen molar-refractivity contribution in [3.8, 4) is 0 Å². The first kappa shape index (κ1) is 13.0. The lowest BCUT2D eigenvalue weighted by Crippen LogP contribution is -2.45. The summed E-state index contributed by atoms with van der Waals surface area (Å²) >= 11 is 0. The predicted molar refractivity (Wildman–Crippen MR) is 81.5 cm³/mol. The fourth-order valence-corrected chi connectivity index (χ4v) is 3.99. The Hall–Kier alpha value is -0.980. The molecule has 1 heteroatoms. The Bertz CT molecular complexity index is 343. The maximum absolute atomic E-state index is 3.17. The van der Waals surface area contributed by atoms with Gasteiger partial charge in [0.15, 0.2) is 0 Å². The van der Waals surface area contributed by atoms with Crippen molar-refractivity contribution in [1.82, 2.24) is 0 Å². The van der Waals surface area contributed by atoms with Gasteiger partial charge < -0.3 is 4.90 Å². The monoisotopic (exact) mass is 256 g/mol. The van der Waals surface area contributed by atoms with Crippen molar-refractivity contribution >= 4 is 5.69 Å². The summed E-state index contributed by atoms with van der Waals surface area (Å²) in [5.74, 6) is 0. The van der Waals surface area contributed by atoms with Gasteiger partial charge in [-0.1, -0.05) is 50.7 Å². The molecule has 0 aromatic heterocycles. The zero-order valence-electron chi connectivity index (χ0n) is 12.0.